The molecule has 2 aromatic rings. The third-order valence-electron chi connectivity index (χ3n) is 4.29. The summed E-state index contributed by atoms with van der Waals surface area (Å²) in [5.41, 5.74) is 0.465. The third-order valence-corrected chi connectivity index (χ3v) is 6.13. The fourth-order valence-corrected chi connectivity index (χ4v) is 4.13. The van der Waals surface area contributed by atoms with Gasteiger partial charge >= 0.3 is 6.36 Å². The van der Waals surface area contributed by atoms with Gasteiger partial charge in [0.1, 0.15) is 17.6 Å². The highest BCUT2D eigenvalue weighted by Crippen LogP contribution is 2.28. The number of sulfonamides is 1. The Morgan fingerprint density at radius 3 is 2.21 bits per heavy atom. The van der Waals surface area contributed by atoms with Crippen molar-refractivity contribution in [2.75, 3.05) is 13.1 Å². The zero-order valence-electron chi connectivity index (χ0n) is 14.9. The molecule has 7 nitrogen and oxygen atoms in total. The van der Waals surface area contributed by atoms with Gasteiger partial charge in [0.15, 0.2) is 0 Å². The van der Waals surface area contributed by atoms with Gasteiger partial charge in [-0.05, 0) is 37.3 Å². The van der Waals surface area contributed by atoms with Crippen LogP contribution in [0.4, 0.5) is 13.2 Å². The standard InChI is InChI=1S/C17H17F3N2O5S/c1-11-7-13(8-16(23)21(11)2)26-14-9-22(10-14)28(24,25)15-5-3-12(4-6-15)27-17(18,19)20/h3-8,14H,9-10H2,1-2H3. The lowest BCUT2D eigenvalue weighted by Crippen LogP contribution is -2.56. The summed E-state index contributed by atoms with van der Waals surface area (Å²) in [6, 6.07) is 6.98. The Bertz CT molecular complexity index is 1030. The maximum Gasteiger partial charge on any atom is 0.573 e. The Balaban J connectivity index is 1.63. The van der Waals surface area contributed by atoms with Gasteiger partial charge in [-0.1, -0.05) is 0 Å². The second kappa shape index (κ2) is 7.13. The third kappa shape index (κ3) is 4.30. The van der Waals surface area contributed by atoms with E-state index in [0.717, 1.165) is 28.6 Å². The normalized spacial score (nSPS) is 15.9. The minimum Gasteiger partial charge on any atom is -0.487 e. The molecule has 0 aliphatic carbocycles. The summed E-state index contributed by atoms with van der Waals surface area (Å²) in [6.45, 7) is 1.88. The van der Waals surface area contributed by atoms with E-state index in [1.54, 1.807) is 20.0 Å². The van der Waals surface area contributed by atoms with Gasteiger partial charge in [-0.3, -0.25) is 4.79 Å². The summed E-state index contributed by atoms with van der Waals surface area (Å²) < 4.78 is 73.5. The molecule has 152 valence electrons. The first-order valence-electron chi connectivity index (χ1n) is 8.16. The Morgan fingerprint density at radius 2 is 1.68 bits per heavy atom. The minimum absolute atomic E-state index is 0.0669. The van der Waals surface area contributed by atoms with Crippen molar-refractivity contribution in [2.24, 2.45) is 7.05 Å². The fourth-order valence-electron chi connectivity index (χ4n) is 2.63. The number of hydrogen-bond acceptors (Lipinski definition) is 5. The maximum atomic E-state index is 12.5. The zero-order chi connectivity index (χ0) is 20.7. The Morgan fingerprint density at radius 1 is 1.07 bits per heavy atom. The Hall–Kier alpha value is -2.53. The van der Waals surface area contributed by atoms with Crippen molar-refractivity contribution < 1.29 is 31.1 Å². The lowest BCUT2D eigenvalue weighted by Gasteiger charge is -2.37. The van der Waals surface area contributed by atoms with E-state index in [1.807, 2.05) is 0 Å². The molecule has 3 rings (SSSR count). The van der Waals surface area contributed by atoms with Crippen LogP contribution >= 0.6 is 0 Å². The number of alkyl halides is 3. The summed E-state index contributed by atoms with van der Waals surface area (Å²) in [6.07, 6.45) is -5.27. The summed E-state index contributed by atoms with van der Waals surface area (Å²) in [5, 5.41) is 0. The molecule has 11 heteroatoms. The number of halogens is 3. The fraction of sp³-hybridized carbons (Fsp3) is 0.353. The molecule has 1 saturated heterocycles. The largest absolute Gasteiger partial charge is 0.573 e. The maximum absolute atomic E-state index is 12.5. The monoisotopic (exact) mass is 418 g/mol. The van der Waals surface area contributed by atoms with Crippen molar-refractivity contribution in [1.29, 1.82) is 0 Å². The predicted octanol–water partition coefficient (Wildman–Crippen LogP) is 2.04. The quantitative estimate of drug-likeness (QED) is 0.743. The summed E-state index contributed by atoms with van der Waals surface area (Å²) in [5.74, 6) is -0.145. The molecule has 0 saturated carbocycles. The van der Waals surface area contributed by atoms with Gasteiger partial charge in [0, 0.05) is 18.8 Å². The van der Waals surface area contributed by atoms with Crippen LogP contribution in [0.25, 0.3) is 0 Å². The SMILES string of the molecule is Cc1cc(OC2CN(S(=O)(=O)c3ccc(OC(F)(F)F)cc3)C2)cc(=O)n1C. The van der Waals surface area contributed by atoms with Crippen molar-refractivity contribution in [3.63, 3.8) is 0 Å². The van der Waals surface area contributed by atoms with E-state index < -0.39 is 28.2 Å². The average molecular weight is 418 g/mol. The smallest absolute Gasteiger partial charge is 0.487 e. The van der Waals surface area contributed by atoms with E-state index in [4.69, 9.17) is 4.74 Å². The highest BCUT2D eigenvalue weighted by atomic mass is 32.2. The van der Waals surface area contributed by atoms with Crippen molar-refractivity contribution in [1.82, 2.24) is 8.87 Å². The predicted molar refractivity (Wildman–Crippen MR) is 92.7 cm³/mol. The van der Waals surface area contributed by atoms with Crippen LogP contribution in [0.2, 0.25) is 0 Å². The van der Waals surface area contributed by atoms with E-state index >= 15 is 0 Å². The van der Waals surface area contributed by atoms with Gasteiger partial charge < -0.3 is 14.0 Å². The van der Waals surface area contributed by atoms with Crippen LogP contribution in [0.3, 0.4) is 0 Å². The first-order chi connectivity index (χ1) is 13.0. The molecule has 0 unspecified atom stereocenters. The van der Waals surface area contributed by atoms with Gasteiger partial charge in [-0.2, -0.15) is 4.31 Å². The highest BCUT2D eigenvalue weighted by Gasteiger charge is 2.38. The number of ether oxygens (including phenoxy) is 2. The molecular weight excluding hydrogens is 401 g/mol. The highest BCUT2D eigenvalue weighted by molar-refractivity contribution is 7.89. The van der Waals surface area contributed by atoms with Crippen LogP contribution in [-0.4, -0.2) is 42.8 Å². The molecule has 0 radical (unpaired) electrons. The van der Waals surface area contributed by atoms with E-state index in [-0.39, 0.29) is 23.5 Å². The molecule has 1 aromatic heterocycles. The lowest BCUT2D eigenvalue weighted by atomic mass is 10.2. The molecule has 0 atom stereocenters. The minimum atomic E-state index is -4.85. The number of benzene rings is 1. The van der Waals surface area contributed by atoms with Gasteiger partial charge in [0.25, 0.3) is 5.56 Å². The van der Waals surface area contributed by atoms with Gasteiger partial charge in [-0.15, -0.1) is 13.2 Å². The van der Waals surface area contributed by atoms with Crippen molar-refractivity contribution in [3.8, 4) is 11.5 Å². The topological polar surface area (TPSA) is 77.8 Å². The molecule has 0 N–H and O–H groups in total. The summed E-state index contributed by atoms with van der Waals surface area (Å²) in [4.78, 5) is 11.6. The van der Waals surface area contributed by atoms with Crippen molar-refractivity contribution >= 4 is 10.0 Å². The number of pyridine rings is 1. The van der Waals surface area contributed by atoms with Crippen molar-refractivity contribution in [3.05, 3.63) is 52.4 Å². The molecule has 1 aliphatic heterocycles. The number of aryl methyl sites for hydroxylation is 1. The van der Waals surface area contributed by atoms with Gasteiger partial charge in [0.05, 0.1) is 18.0 Å². The number of rotatable bonds is 5. The second-order valence-electron chi connectivity index (χ2n) is 6.31. The first-order valence-corrected chi connectivity index (χ1v) is 9.60. The summed E-state index contributed by atoms with van der Waals surface area (Å²) in [7, 11) is -2.23. The number of aromatic nitrogens is 1. The molecule has 2 heterocycles. The average Bonchev–Trinajstić information content (AvgIpc) is 2.54. The van der Waals surface area contributed by atoms with Gasteiger partial charge in [0.2, 0.25) is 10.0 Å². The lowest BCUT2D eigenvalue weighted by molar-refractivity contribution is -0.274. The summed E-state index contributed by atoms with van der Waals surface area (Å²) >= 11 is 0. The van der Waals surface area contributed by atoms with Crippen LogP contribution in [0.5, 0.6) is 11.5 Å². The van der Waals surface area contributed by atoms with Crippen LogP contribution in [-0.2, 0) is 17.1 Å². The van der Waals surface area contributed by atoms with Crippen LogP contribution in [0, 0.1) is 6.92 Å². The first kappa shape index (κ1) is 20.2. The molecule has 0 amide bonds. The van der Waals surface area contributed by atoms with Crippen molar-refractivity contribution in [2.45, 2.75) is 24.3 Å². The number of hydrogen-bond donors (Lipinski definition) is 0. The van der Waals surface area contributed by atoms with Crippen LogP contribution < -0.4 is 15.0 Å². The molecule has 0 bridgehead atoms. The second-order valence-corrected chi connectivity index (χ2v) is 8.25. The van der Waals surface area contributed by atoms with Gasteiger partial charge in [-0.25, -0.2) is 8.42 Å². The Kier molecular flexibility index (Phi) is 5.15. The molecular formula is C17H17F3N2O5S. The molecule has 1 aliphatic rings. The molecule has 0 spiro atoms. The molecule has 28 heavy (non-hydrogen) atoms. The zero-order valence-corrected chi connectivity index (χ0v) is 15.7. The van der Waals surface area contributed by atoms with Crippen LogP contribution in [0.1, 0.15) is 5.69 Å². The van der Waals surface area contributed by atoms with E-state index in [2.05, 4.69) is 4.74 Å². The Labute approximate surface area is 159 Å². The van der Waals surface area contributed by atoms with E-state index in [9.17, 15) is 26.4 Å². The van der Waals surface area contributed by atoms with Crippen LogP contribution in [0.15, 0.2) is 46.1 Å². The number of nitrogens with zero attached hydrogens (tertiary/aromatic N) is 2. The molecule has 1 aromatic carbocycles. The molecule has 1 fully saturated rings. The van der Waals surface area contributed by atoms with E-state index in [1.165, 1.54) is 10.6 Å². The van der Waals surface area contributed by atoms with E-state index in [0.29, 0.717) is 11.4 Å².